The van der Waals surface area contributed by atoms with E-state index < -0.39 is 5.91 Å². The quantitative estimate of drug-likeness (QED) is 0.674. The predicted octanol–water partition coefficient (Wildman–Crippen LogP) is 1.34. The number of nitrogens with zero attached hydrogens (tertiary/aromatic N) is 1. The molecule has 1 heterocycles. The van der Waals surface area contributed by atoms with Crippen LogP contribution in [0.3, 0.4) is 0 Å². The SMILES string of the molecule is Br.NC(=O)c1cc(C(=O)CBr)ccn1. The summed E-state index contributed by atoms with van der Waals surface area (Å²) >= 11 is 3.03. The lowest BCUT2D eigenvalue weighted by molar-refractivity contribution is 0.0995. The number of pyridine rings is 1. The fourth-order valence-electron chi connectivity index (χ4n) is 0.816. The van der Waals surface area contributed by atoms with Gasteiger partial charge < -0.3 is 5.73 Å². The smallest absolute Gasteiger partial charge is 0.267 e. The van der Waals surface area contributed by atoms with Crippen LogP contribution >= 0.6 is 32.9 Å². The lowest BCUT2D eigenvalue weighted by Crippen LogP contribution is -2.14. The molecule has 1 amide bonds. The van der Waals surface area contributed by atoms with Crippen molar-refractivity contribution in [1.29, 1.82) is 0 Å². The summed E-state index contributed by atoms with van der Waals surface area (Å²) in [6.07, 6.45) is 1.38. The first kappa shape index (κ1) is 13.2. The second-order valence-corrected chi connectivity index (χ2v) is 2.91. The number of aromatic nitrogens is 1. The van der Waals surface area contributed by atoms with E-state index in [9.17, 15) is 9.59 Å². The van der Waals surface area contributed by atoms with Crippen LogP contribution in [0.15, 0.2) is 18.3 Å². The summed E-state index contributed by atoms with van der Waals surface area (Å²) in [5.41, 5.74) is 5.53. The molecule has 0 spiro atoms. The zero-order chi connectivity index (χ0) is 9.84. The van der Waals surface area contributed by atoms with E-state index in [4.69, 9.17) is 5.73 Å². The number of nitrogens with two attached hydrogens (primary N) is 1. The molecule has 0 bridgehead atoms. The van der Waals surface area contributed by atoms with Crippen molar-refractivity contribution in [3.8, 4) is 0 Å². The van der Waals surface area contributed by atoms with Gasteiger partial charge in [-0.05, 0) is 12.1 Å². The van der Waals surface area contributed by atoms with Gasteiger partial charge in [-0.3, -0.25) is 14.6 Å². The minimum absolute atomic E-state index is 0. The number of carbonyl (C=O) groups excluding carboxylic acids is 2. The van der Waals surface area contributed by atoms with Crippen LogP contribution in [0, 0.1) is 0 Å². The Balaban J connectivity index is 0.00000169. The molecule has 0 saturated carbocycles. The van der Waals surface area contributed by atoms with Gasteiger partial charge in [0.25, 0.3) is 5.91 Å². The normalized spacial score (nSPS) is 8.93. The maximum Gasteiger partial charge on any atom is 0.267 e. The van der Waals surface area contributed by atoms with E-state index in [1.807, 2.05) is 0 Å². The molecule has 0 atom stereocenters. The Morgan fingerprint density at radius 3 is 2.64 bits per heavy atom. The van der Waals surface area contributed by atoms with Crippen molar-refractivity contribution in [2.75, 3.05) is 5.33 Å². The summed E-state index contributed by atoms with van der Waals surface area (Å²) in [5, 5.41) is 0.217. The maximum absolute atomic E-state index is 11.2. The van der Waals surface area contributed by atoms with Gasteiger partial charge in [0.2, 0.25) is 0 Å². The Kier molecular flexibility index (Phi) is 5.56. The first-order valence-corrected chi connectivity index (χ1v) is 4.62. The second-order valence-electron chi connectivity index (χ2n) is 2.35. The van der Waals surface area contributed by atoms with Crippen LogP contribution in [0.1, 0.15) is 20.8 Å². The lowest BCUT2D eigenvalue weighted by Gasteiger charge is -1.98. The van der Waals surface area contributed by atoms with Gasteiger partial charge in [-0.1, -0.05) is 15.9 Å². The second kappa shape index (κ2) is 5.87. The number of hydrogen-bond donors (Lipinski definition) is 1. The molecule has 0 aromatic carbocycles. The van der Waals surface area contributed by atoms with E-state index in [1.54, 1.807) is 0 Å². The van der Waals surface area contributed by atoms with E-state index in [1.165, 1.54) is 18.3 Å². The highest BCUT2D eigenvalue weighted by atomic mass is 79.9. The average Bonchev–Trinajstić information content (AvgIpc) is 2.17. The highest BCUT2D eigenvalue weighted by Crippen LogP contribution is 2.04. The number of halogens is 2. The van der Waals surface area contributed by atoms with Gasteiger partial charge in [0.15, 0.2) is 5.78 Å². The van der Waals surface area contributed by atoms with Crippen LogP contribution in [0.2, 0.25) is 0 Å². The summed E-state index contributed by atoms with van der Waals surface area (Å²) in [7, 11) is 0. The van der Waals surface area contributed by atoms with Gasteiger partial charge in [-0.2, -0.15) is 0 Å². The third kappa shape index (κ3) is 3.19. The topological polar surface area (TPSA) is 73.1 Å². The van der Waals surface area contributed by atoms with E-state index >= 15 is 0 Å². The summed E-state index contributed by atoms with van der Waals surface area (Å²) in [6, 6.07) is 2.92. The third-order valence-electron chi connectivity index (χ3n) is 1.46. The zero-order valence-electron chi connectivity index (χ0n) is 7.07. The number of alkyl halides is 1. The van der Waals surface area contributed by atoms with Crippen LogP contribution in [-0.2, 0) is 0 Å². The Bertz CT molecular complexity index is 355. The Morgan fingerprint density at radius 1 is 1.50 bits per heavy atom. The standard InChI is InChI=1S/C8H7BrN2O2.BrH/c9-4-7(12)5-1-2-11-6(3-5)8(10)13;/h1-3H,4H2,(H2,10,13);1H. The van der Waals surface area contributed by atoms with E-state index in [2.05, 4.69) is 20.9 Å². The van der Waals surface area contributed by atoms with Crippen molar-refractivity contribution in [2.45, 2.75) is 0 Å². The van der Waals surface area contributed by atoms with Gasteiger partial charge >= 0.3 is 0 Å². The van der Waals surface area contributed by atoms with Crippen LogP contribution in [0.5, 0.6) is 0 Å². The van der Waals surface area contributed by atoms with Crippen molar-refractivity contribution in [2.24, 2.45) is 5.73 Å². The van der Waals surface area contributed by atoms with Gasteiger partial charge in [-0.15, -0.1) is 17.0 Å². The Hall–Kier alpha value is -0.750. The van der Waals surface area contributed by atoms with Crippen molar-refractivity contribution < 1.29 is 9.59 Å². The number of Topliss-reactive ketones (excluding diaryl/α,β-unsaturated/α-hetero) is 1. The molecule has 0 aliphatic carbocycles. The summed E-state index contributed by atoms with van der Waals surface area (Å²) in [5.74, 6) is -0.742. The largest absolute Gasteiger partial charge is 0.364 e. The number of primary amides is 1. The van der Waals surface area contributed by atoms with Crippen LogP contribution in [0.4, 0.5) is 0 Å². The highest BCUT2D eigenvalue weighted by Gasteiger charge is 2.07. The molecule has 1 aromatic rings. The molecule has 0 radical (unpaired) electrons. The molecule has 76 valence electrons. The molecule has 6 heteroatoms. The minimum atomic E-state index is -0.635. The molecule has 1 aromatic heterocycles. The third-order valence-corrected chi connectivity index (χ3v) is 1.97. The number of carbonyl (C=O) groups is 2. The van der Waals surface area contributed by atoms with Crippen LogP contribution < -0.4 is 5.73 Å². The molecule has 0 aliphatic heterocycles. The molecule has 0 aliphatic rings. The number of ketones is 1. The van der Waals surface area contributed by atoms with Crippen LogP contribution in [-0.4, -0.2) is 22.0 Å². The molecule has 4 nitrogen and oxygen atoms in total. The summed E-state index contributed by atoms with van der Waals surface area (Å²) in [6.45, 7) is 0. The van der Waals surface area contributed by atoms with Crippen molar-refractivity contribution in [3.05, 3.63) is 29.6 Å². The number of hydrogen-bond acceptors (Lipinski definition) is 3. The number of rotatable bonds is 3. The molecule has 2 N–H and O–H groups in total. The molecule has 0 unspecified atom stereocenters. The fraction of sp³-hybridized carbons (Fsp3) is 0.125. The monoisotopic (exact) mass is 322 g/mol. The Morgan fingerprint density at radius 2 is 2.14 bits per heavy atom. The van der Waals surface area contributed by atoms with E-state index in [0.717, 1.165) is 0 Å². The molecule has 0 saturated heterocycles. The average molecular weight is 324 g/mol. The first-order valence-electron chi connectivity index (χ1n) is 3.50. The minimum Gasteiger partial charge on any atom is -0.364 e. The van der Waals surface area contributed by atoms with Gasteiger partial charge in [-0.25, -0.2) is 0 Å². The first-order chi connectivity index (χ1) is 6.15. The molecule has 14 heavy (non-hydrogen) atoms. The fourth-order valence-corrected chi connectivity index (χ4v) is 1.14. The van der Waals surface area contributed by atoms with Crippen molar-refractivity contribution >= 4 is 44.6 Å². The molecule has 0 fully saturated rings. The number of amides is 1. The van der Waals surface area contributed by atoms with Gasteiger partial charge in [0, 0.05) is 11.8 Å². The van der Waals surface area contributed by atoms with E-state index in [0.29, 0.717) is 5.56 Å². The maximum atomic E-state index is 11.2. The molecular formula is C8H8Br2N2O2. The summed E-state index contributed by atoms with van der Waals surface area (Å²) < 4.78 is 0. The molecular weight excluding hydrogens is 316 g/mol. The van der Waals surface area contributed by atoms with Crippen molar-refractivity contribution in [3.63, 3.8) is 0 Å². The molecule has 1 rings (SSSR count). The highest BCUT2D eigenvalue weighted by molar-refractivity contribution is 9.09. The Labute approximate surface area is 99.8 Å². The summed E-state index contributed by atoms with van der Waals surface area (Å²) in [4.78, 5) is 25.6. The van der Waals surface area contributed by atoms with Gasteiger partial charge in [0.05, 0.1) is 5.33 Å². The lowest BCUT2D eigenvalue weighted by atomic mass is 10.1. The van der Waals surface area contributed by atoms with Crippen LogP contribution in [0.25, 0.3) is 0 Å². The van der Waals surface area contributed by atoms with Gasteiger partial charge in [0.1, 0.15) is 5.69 Å². The van der Waals surface area contributed by atoms with E-state index in [-0.39, 0.29) is 33.8 Å². The zero-order valence-corrected chi connectivity index (χ0v) is 10.4. The predicted molar refractivity (Wildman–Crippen MR) is 61.2 cm³/mol. The van der Waals surface area contributed by atoms with Crippen molar-refractivity contribution in [1.82, 2.24) is 4.98 Å².